The van der Waals surface area contributed by atoms with Crippen LogP contribution in [0.2, 0.25) is 0 Å². The number of aliphatic hydroxyl groups excluding tert-OH is 1. The second-order valence-electron chi connectivity index (χ2n) is 16.0. The van der Waals surface area contributed by atoms with Crippen LogP contribution >= 0.6 is 0 Å². The van der Waals surface area contributed by atoms with Gasteiger partial charge in [0.2, 0.25) is 5.76 Å². The molecule has 9 heteroatoms. The predicted octanol–water partition coefficient (Wildman–Crippen LogP) is 8.71. The summed E-state index contributed by atoms with van der Waals surface area (Å²) in [6.07, 6.45) is 0.944. The highest BCUT2D eigenvalue weighted by molar-refractivity contribution is 5.97. The fourth-order valence-electron chi connectivity index (χ4n) is 11.2. The molecule has 1 spiro atoms. The summed E-state index contributed by atoms with van der Waals surface area (Å²) >= 11 is 0. The first kappa shape index (κ1) is 32.7. The summed E-state index contributed by atoms with van der Waals surface area (Å²) in [4.78, 5) is 28.3. The Labute approximate surface area is 275 Å². The number of carbonyl (C=O) groups is 2. The molecular weight excluding hydrogens is 607 g/mol. The summed E-state index contributed by atoms with van der Waals surface area (Å²) in [5.41, 5.74) is 2.43. The van der Waals surface area contributed by atoms with E-state index in [2.05, 4.69) is 27.7 Å². The number of nitrogens with zero attached hydrogens (tertiary/aromatic N) is 1. The van der Waals surface area contributed by atoms with Gasteiger partial charge < -0.3 is 19.5 Å². The van der Waals surface area contributed by atoms with Crippen LogP contribution in [0.5, 0.6) is 0 Å². The fraction of sp³-hybridized carbons (Fsp3) is 0.684. The summed E-state index contributed by atoms with van der Waals surface area (Å²) in [6, 6.07) is 9.67. The Hall–Kier alpha value is -2.81. The molecule has 10 atom stereocenters. The Morgan fingerprint density at radius 3 is 2.57 bits per heavy atom. The van der Waals surface area contributed by atoms with Gasteiger partial charge in [-0.15, -0.1) is 0 Å². The maximum Gasteiger partial charge on any atom is 0.449 e. The maximum atomic E-state index is 13.5. The highest BCUT2D eigenvalue weighted by atomic mass is 19.4. The highest BCUT2D eigenvalue weighted by Gasteiger charge is 2.61. The molecule has 256 valence electrons. The molecule has 4 aliphatic carbocycles. The quantitative estimate of drug-likeness (QED) is 0.196. The number of Topliss-reactive ketones (excluding diaryl/α,β-unsaturated/α-hetero) is 1. The average Bonchev–Trinajstić information content (AvgIpc) is 3.49. The largest absolute Gasteiger partial charge is 0.504 e. The molecule has 5 fully saturated rings. The predicted molar refractivity (Wildman–Crippen MR) is 170 cm³/mol. The molecule has 7 rings (SSSR count). The van der Waals surface area contributed by atoms with E-state index in [9.17, 15) is 27.9 Å². The van der Waals surface area contributed by atoms with Crippen LogP contribution in [0, 0.1) is 40.9 Å². The van der Waals surface area contributed by atoms with E-state index in [0.717, 1.165) is 50.5 Å². The van der Waals surface area contributed by atoms with E-state index in [0.29, 0.717) is 24.3 Å². The first-order valence-corrected chi connectivity index (χ1v) is 17.6. The molecule has 2 aliphatic heterocycles. The van der Waals surface area contributed by atoms with Crippen LogP contribution in [-0.2, 0) is 20.9 Å². The SMILES string of the molecule is CC1=C2C[C@H]3C(CC[C@@H]4CC(=O)/C(=C(\O)C(F)(F)F)C[C@@]43C)[C@@H]2CC[C@@]2(C1)O[C@@H]1C[C@H](C)CN(C(=O)OCc3ccccc3)[C@H]1[C@H]2C. The minimum Gasteiger partial charge on any atom is -0.504 e. The lowest BCUT2D eigenvalue weighted by atomic mass is 9.51. The van der Waals surface area contributed by atoms with Crippen LogP contribution in [0.25, 0.3) is 0 Å². The van der Waals surface area contributed by atoms with Crippen molar-refractivity contribution in [2.24, 2.45) is 40.9 Å². The fourth-order valence-corrected chi connectivity index (χ4v) is 11.2. The number of ether oxygens (including phenoxy) is 2. The molecule has 1 aromatic rings. The standard InChI is InChI=1S/C38H48F3NO5/c1-21-14-32-33(42(19-21)35(45)46-20-24-8-6-5-7-9-24)23(3)37(47-32)13-12-26-27-11-10-25-15-31(43)29(34(44)38(39,40)41)18-36(25,4)30(27)16-28(26)22(2)17-37/h5-9,21,23,25-27,30,32-33,44H,10-20H2,1-4H3/b34-29-/t21-,23+,25+,26-,27?,30-,32+,33-,36-,37-/m0/s1. The van der Waals surface area contributed by atoms with E-state index in [4.69, 9.17) is 9.47 Å². The molecule has 47 heavy (non-hydrogen) atoms. The lowest BCUT2D eigenvalue weighted by Gasteiger charge is -2.52. The number of hydrogen-bond donors (Lipinski definition) is 1. The maximum absolute atomic E-state index is 13.5. The van der Waals surface area contributed by atoms with Crippen LogP contribution in [0.1, 0.15) is 91.0 Å². The summed E-state index contributed by atoms with van der Waals surface area (Å²) in [6.45, 7) is 9.58. The number of hydrogen-bond acceptors (Lipinski definition) is 5. The molecule has 0 bridgehead atoms. The van der Waals surface area contributed by atoms with Crippen molar-refractivity contribution >= 4 is 11.9 Å². The zero-order valence-corrected chi connectivity index (χ0v) is 27.9. The summed E-state index contributed by atoms with van der Waals surface area (Å²) in [7, 11) is 0. The summed E-state index contributed by atoms with van der Waals surface area (Å²) < 4.78 is 53.6. The summed E-state index contributed by atoms with van der Waals surface area (Å²) in [5.74, 6) is -0.958. The molecule has 6 nitrogen and oxygen atoms in total. The Morgan fingerprint density at radius 2 is 1.85 bits per heavy atom. The number of alkyl halides is 3. The van der Waals surface area contributed by atoms with Crippen molar-refractivity contribution in [1.82, 2.24) is 4.90 Å². The van der Waals surface area contributed by atoms with Crippen molar-refractivity contribution < 1.29 is 37.3 Å². The van der Waals surface area contributed by atoms with Gasteiger partial charge in [0.05, 0.1) is 17.7 Å². The molecule has 1 amide bonds. The van der Waals surface area contributed by atoms with Gasteiger partial charge in [0.1, 0.15) is 6.61 Å². The van der Waals surface area contributed by atoms with Gasteiger partial charge in [0.15, 0.2) is 5.78 Å². The molecule has 3 saturated carbocycles. The molecule has 0 radical (unpaired) electrons. The number of allylic oxidation sites excluding steroid dienone is 3. The zero-order valence-electron chi connectivity index (χ0n) is 27.9. The Morgan fingerprint density at radius 1 is 1.11 bits per heavy atom. The van der Waals surface area contributed by atoms with Crippen LogP contribution in [0.15, 0.2) is 52.8 Å². The summed E-state index contributed by atoms with van der Waals surface area (Å²) in [5, 5.41) is 10.1. The molecule has 6 aliphatic rings. The van der Waals surface area contributed by atoms with Crippen molar-refractivity contribution in [3.05, 3.63) is 58.4 Å². The van der Waals surface area contributed by atoms with Gasteiger partial charge in [0, 0.05) is 24.5 Å². The van der Waals surface area contributed by atoms with Crippen molar-refractivity contribution in [3.8, 4) is 0 Å². The van der Waals surface area contributed by atoms with Crippen LogP contribution < -0.4 is 0 Å². The van der Waals surface area contributed by atoms with E-state index < -0.39 is 28.7 Å². The van der Waals surface area contributed by atoms with Gasteiger partial charge in [-0.05, 0) is 98.9 Å². The third-order valence-electron chi connectivity index (χ3n) is 13.5. The molecule has 0 aromatic heterocycles. The van der Waals surface area contributed by atoms with E-state index in [1.165, 1.54) is 11.1 Å². The lowest BCUT2D eigenvalue weighted by Crippen LogP contribution is -2.54. The monoisotopic (exact) mass is 655 g/mol. The number of ketones is 1. The van der Waals surface area contributed by atoms with Crippen LogP contribution in [-0.4, -0.2) is 52.4 Å². The smallest absolute Gasteiger partial charge is 0.449 e. The van der Waals surface area contributed by atoms with E-state index in [1.807, 2.05) is 35.2 Å². The van der Waals surface area contributed by atoms with Crippen molar-refractivity contribution in [1.29, 1.82) is 0 Å². The van der Waals surface area contributed by atoms with Gasteiger partial charge in [-0.25, -0.2) is 4.79 Å². The molecule has 2 heterocycles. The number of piperidine rings is 1. The number of amides is 1. The van der Waals surface area contributed by atoms with Gasteiger partial charge >= 0.3 is 12.3 Å². The van der Waals surface area contributed by atoms with Crippen LogP contribution in [0.3, 0.4) is 0 Å². The minimum absolute atomic E-state index is 0.0100. The van der Waals surface area contributed by atoms with E-state index >= 15 is 0 Å². The van der Waals surface area contributed by atoms with Crippen molar-refractivity contribution in [3.63, 3.8) is 0 Å². The minimum atomic E-state index is -4.92. The molecule has 1 aromatic carbocycles. The topological polar surface area (TPSA) is 76.1 Å². The number of carbonyl (C=O) groups excluding carboxylic acids is 2. The second kappa shape index (κ2) is 11.7. The number of halogens is 3. The van der Waals surface area contributed by atoms with Gasteiger partial charge in [0.25, 0.3) is 0 Å². The molecule has 1 unspecified atom stereocenters. The number of aliphatic hydroxyl groups is 1. The third-order valence-corrected chi connectivity index (χ3v) is 13.5. The van der Waals surface area contributed by atoms with E-state index in [1.54, 1.807) is 0 Å². The lowest BCUT2D eigenvalue weighted by molar-refractivity contribution is -0.134. The second-order valence-corrected chi connectivity index (χ2v) is 16.0. The Balaban J connectivity index is 1.12. The number of fused-ring (bicyclic) bond motifs is 6. The third kappa shape index (κ3) is 5.43. The zero-order chi connectivity index (χ0) is 33.5. The molecule has 2 saturated heterocycles. The number of likely N-dealkylation sites (tertiary alicyclic amines) is 1. The van der Waals surface area contributed by atoms with Gasteiger partial charge in [-0.3, -0.25) is 4.79 Å². The van der Waals surface area contributed by atoms with Gasteiger partial charge in [-0.1, -0.05) is 62.2 Å². The van der Waals surface area contributed by atoms with Crippen molar-refractivity contribution in [2.75, 3.05) is 6.54 Å². The molecular formula is C38H48F3NO5. The Kier molecular flexibility index (Phi) is 8.12. The van der Waals surface area contributed by atoms with Crippen LogP contribution in [0.4, 0.5) is 18.0 Å². The normalized spacial score (nSPS) is 41.2. The highest BCUT2D eigenvalue weighted by Crippen LogP contribution is 2.66. The molecule has 1 N–H and O–H groups in total. The first-order chi connectivity index (χ1) is 22.2. The number of benzene rings is 1. The van der Waals surface area contributed by atoms with Gasteiger partial charge in [-0.2, -0.15) is 13.2 Å². The van der Waals surface area contributed by atoms with E-state index in [-0.39, 0.29) is 61.0 Å². The first-order valence-electron chi connectivity index (χ1n) is 17.6. The number of rotatable bonds is 2. The average molecular weight is 656 g/mol. The Bertz CT molecular complexity index is 1490. The van der Waals surface area contributed by atoms with Crippen molar-refractivity contribution in [2.45, 2.75) is 116 Å².